The van der Waals surface area contributed by atoms with Crippen molar-refractivity contribution < 1.29 is 24.1 Å². The standard InChI is InChI=1S/C28H37ClFN3O4/c1-37-14-3-2-12-28(36,22-10-5-11-23(30)26(22)19-7-4-9-21(29)15-19)20-8-6-13-32(16-20)27(35)33-17-24(31)25(34)18-33/h4-5,7,9-11,15,20,24-25,34,36H,2-3,6,8,12-14,16-18,31H2,1H3. The number of β-amino-alcohol motifs (C(OH)–C–C–N with tert-alkyl or cyclic N) is 1. The van der Waals surface area contributed by atoms with Crippen LogP contribution < -0.4 is 5.73 Å². The largest absolute Gasteiger partial charge is 0.390 e. The molecule has 2 aromatic rings. The van der Waals surface area contributed by atoms with E-state index < -0.39 is 23.6 Å². The van der Waals surface area contributed by atoms with E-state index >= 15 is 4.39 Å². The normalized spacial score (nSPS) is 23.8. The van der Waals surface area contributed by atoms with Gasteiger partial charge in [0.25, 0.3) is 0 Å². The molecule has 2 fully saturated rings. The van der Waals surface area contributed by atoms with Crippen LogP contribution in [-0.2, 0) is 10.3 Å². The van der Waals surface area contributed by atoms with Crippen molar-refractivity contribution in [2.75, 3.05) is 39.9 Å². The van der Waals surface area contributed by atoms with Crippen molar-refractivity contribution in [1.29, 1.82) is 0 Å². The zero-order valence-electron chi connectivity index (χ0n) is 21.3. The Labute approximate surface area is 223 Å². The number of halogens is 2. The molecule has 0 bridgehead atoms. The number of urea groups is 1. The molecule has 4 unspecified atom stereocenters. The number of carbonyl (C=O) groups excluding carboxylic acids is 1. The van der Waals surface area contributed by atoms with Gasteiger partial charge in [0.05, 0.1) is 11.7 Å². The first-order chi connectivity index (χ1) is 17.7. The lowest BCUT2D eigenvalue weighted by molar-refractivity contribution is -0.0573. The van der Waals surface area contributed by atoms with Crippen molar-refractivity contribution >= 4 is 17.6 Å². The van der Waals surface area contributed by atoms with E-state index in [1.807, 2.05) is 0 Å². The molecule has 202 valence electrons. The van der Waals surface area contributed by atoms with Crippen molar-refractivity contribution in [2.24, 2.45) is 11.7 Å². The first-order valence-electron chi connectivity index (χ1n) is 13.0. The highest BCUT2D eigenvalue weighted by Gasteiger charge is 2.44. The monoisotopic (exact) mass is 533 g/mol. The number of unbranched alkanes of at least 4 members (excludes halogenated alkanes) is 1. The molecular weight excluding hydrogens is 497 g/mol. The van der Waals surface area contributed by atoms with Crippen molar-refractivity contribution in [2.45, 2.75) is 49.9 Å². The molecule has 0 radical (unpaired) electrons. The molecule has 37 heavy (non-hydrogen) atoms. The Morgan fingerprint density at radius 1 is 1.19 bits per heavy atom. The fourth-order valence-corrected chi connectivity index (χ4v) is 5.92. The maximum Gasteiger partial charge on any atom is 0.320 e. The number of hydrogen-bond donors (Lipinski definition) is 3. The van der Waals surface area contributed by atoms with Crippen LogP contribution in [0.2, 0.25) is 5.02 Å². The number of aliphatic hydroxyl groups excluding tert-OH is 1. The van der Waals surface area contributed by atoms with Gasteiger partial charge in [0.15, 0.2) is 0 Å². The number of nitrogens with two attached hydrogens (primary N) is 1. The lowest BCUT2D eigenvalue weighted by Crippen LogP contribution is -2.52. The maximum atomic E-state index is 15.4. The van der Waals surface area contributed by atoms with Gasteiger partial charge in [-0.05, 0) is 61.4 Å². The van der Waals surface area contributed by atoms with E-state index in [9.17, 15) is 15.0 Å². The van der Waals surface area contributed by atoms with E-state index in [4.69, 9.17) is 22.1 Å². The molecule has 2 amide bonds. The van der Waals surface area contributed by atoms with E-state index in [1.165, 1.54) is 6.07 Å². The average Bonchev–Trinajstić information content (AvgIpc) is 3.23. The van der Waals surface area contributed by atoms with Crippen LogP contribution in [0.1, 0.15) is 37.7 Å². The number of likely N-dealkylation sites (tertiary alicyclic amines) is 2. The van der Waals surface area contributed by atoms with Crippen LogP contribution in [0.4, 0.5) is 9.18 Å². The Kier molecular flexibility index (Phi) is 9.08. The average molecular weight is 534 g/mol. The molecule has 2 heterocycles. The molecular formula is C28H37ClFN3O4. The summed E-state index contributed by atoms with van der Waals surface area (Å²) in [5, 5.41) is 23.0. The lowest BCUT2D eigenvalue weighted by Gasteiger charge is -2.44. The van der Waals surface area contributed by atoms with Crippen molar-refractivity contribution in [3.05, 3.63) is 58.9 Å². The smallest absolute Gasteiger partial charge is 0.320 e. The van der Waals surface area contributed by atoms with Crippen LogP contribution in [0.5, 0.6) is 0 Å². The number of benzene rings is 2. The third-order valence-corrected chi connectivity index (χ3v) is 7.96. The summed E-state index contributed by atoms with van der Waals surface area (Å²) in [5.74, 6) is -0.743. The topological polar surface area (TPSA) is 99.3 Å². The fraction of sp³-hybridized carbons (Fsp3) is 0.536. The highest BCUT2D eigenvalue weighted by Crippen LogP contribution is 2.45. The maximum absolute atomic E-state index is 15.4. The van der Waals surface area contributed by atoms with Crippen LogP contribution in [0.15, 0.2) is 42.5 Å². The number of hydrogen-bond acceptors (Lipinski definition) is 5. The van der Waals surface area contributed by atoms with Gasteiger partial charge in [0.1, 0.15) is 5.82 Å². The van der Waals surface area contributed by atoms with Gasteiger partial charge >= 0.3 is 6.03 Å². The minimum atomic E-state index is -1.38. The fourth-order valence-electron chi connectivity index (χ4n) is 5.73. The first kappa shape index (κ1) is 27.8. The second kappa shape index (κ2) is 12.1. The third kappa shape index (κ3) is 6.10. The van der Waals surface area contributed by atoms with E-state index in [0.29, 0.717) is 73.6 Å². The minimum absolute atomic E-state index is 0.187. The zero-order chi connectivity index (χ0) is 26.6. The van der Waals surface area contributed by atoms with E-state index in [2.05, 4.69) is 0 Å². The molecule has 2 aromatic carbocycles. The highest BCUT2D eigenvalue weighted by atomic mass is 35.5. The Morgan fingerprint density at radius 2 is 1.97 bits per heavy atom. The van der Waals surface area contributed by atoms with Gasteiger partial charge in [-0.1, -0.05) is 35.9 Å². The summed E-state index contributed by atoms with van der Waals surface area (Å²) in [6.45, 7) is 1.94. The molecule has 2 saturated heterocycles. The number of ether oxygens (including phenoxy) is 1. The predicted octanol–water partition coefficient (Wildman–Crippen LogP) is 3.99. The number of nitrogens with zero attached hydrogens (tertiary/aromatic N) is 2. The SMILES string of the molecule is COCCCCC(O)(c1cccc(F)c1-c1cccc(Cl)c1)C1CCCN(C(=O)N2CC(N)C(O)C2)C1. The number of methoxy groups -OCH3 is 1. The first-order valence-corrected chi connectivity index (χ1v) is 13.4. The molecule has 0 saturated carbocycles. The second-order valence-corrected chi connectivity index (χ2v) is 10.7. The molecule has 2 aliphatic rings. The molecule has 0 aromatic heterocycles. The van der Waals surface area contributed by atoms with E-state index in [0.717, 1.165) is 6.42 Å². The third-order valence-electron chi connectivity index (χ3n) is 7.72. The summed E-state index contributed by atoms with van der Waals surface area (Å²) in [4.78, 5) is 16.6. The van der Waals surface area contributed by atoms with Gasteiger partial charge in [0.2, 0.25) is 0 Å². The summed E-state index contributed by atoms with van der Waals surface area (Å²) < 4.78 is 20.6. The number of carbonyl (C=O) groups is 1. The summed E-state index contributed by atoms with van der Waals surface area (Å²) in [6, 6.07) is 11.1. The summed E-state index contributed by atoms with van der Waals surface area (Å²) in [7, 11) is 1.64. The van der Waals surface area contributed by atoms with E-state index in [-0.39, 0.29) is 18.5 Å². The van der Waals surface area contributed by atoms with Gasteiger partial charge < -0.3 is 30.5 Å². The van der Waals surface area contributed by atoms with Gasteiger partial charge in [-0.3, -0.25) is 0 Å². The molecule has 7 nitrogen and oxygen atoms in total. The Morgan fingerprint density at radius 3 is 2.68 bits per heavy atom. The molecule has 0 spiro atoms. The van der Waals surface area contributed by atoms with Crippen molar-refractivity contribution in [3.63, 3.8) is 0 Å². The second-order valence-electron chi connectivity index (χ2n) is 10.3. The molecule has 9 heteroatoms. The van der Waals surface area contributed by atoms with Gasteiger partial charge in [-0.15, -0.1) is 0 Å². The van der Waals surface area contributed by atoms with E-state index in [1.54, 1.807) is 53.3 Å². The summed E-state index contributed by atoms with van der Waals surface area (Å²) in [6.07, 6.45) is 2.48. The molecule has 4 N–H and O–H groups in total. The zero-order valence-corrected chi connectivity index (χ0v) is 22.0. The predicted molar refractivity (Wildman–Crippen MR) is 142 cm³/mol. The number of amides is 2. The number of aliphatic hydroxyl groups is 2. The van der Waals surface area contributed by atoms with Gasteiger partial charge in [0, 0.05) is 62.4 Å². The number of rotatable bonds is 8. The molecule has 0 aliphatic carbocycles. The Balaban J connectivity index is 1.68. The summed E-state index contributed by atoms with van der Waals surface area (Å²) >= 11 is 6.24. The van der Waals surface area contributed by atoms with Crippen LogP contribution in [0, 0.1) is 11.7 Å². The van der Waals surface area contributed by atoms with Gasteiger partial charge in [-0.25, -0.2) is 9.18 Å². The molecule has 4 rings (SSSR count). The van der Waals surface area contributed by atoms with Crippen LogP contribution in [0.25, 0.3) is 11.1 Å². The van der Waals surface area contributed by atoms with Crippen LogP contribution in [0.3, 0.4) is 0 Å². The van der Waals surface area contributed by atoms with Crippen molar-refractivity contribution in [1.82, 2.24) is 9.80 Å². The Hall–Kier alpha value is -2.23. The van der Waals surface area contributed by atoms with Crippen LogP contribution in [-0.4, -0.2) is 78.1 Å². The quantitative estimate of drug-likeness (QED) is 0.446. The number of piperidine rings is 1. The van der Waals surface area contributed by atoms with Crippen molar-refractivity contribution in [3.8, 4) is 11.1 Å². The highest BCUT2D eigenvalue weighted by molar-refractivity contribution is 6.30. The molecule has 2 aliphatic heterocycles. The summed E-state index contributed by atoms with van der Waals surface area (Å²) in [5.41, 5.74) is 5.98. The minimum Gasteiger partial charge on any atom is -0.390 e. The lowest BCUT2D eigenvalue weighted by atomic mass is 9.72. The molecule has 4 atom stereocenters. The Bertz CT molecular complexity index is 1080. The van der Waals surface area contributed by atoms with Gasteiger partial charge in [-0.2, -0.15) is 0 Å². The van der Waals surface area contributed by atoms with Crippen LogP contribution >= 0.6 is 11.6 Å².